The molecule has 4 rings (SSSR count). The molecular formula is C19H22FN3O3. The number of aryl methyl sites for hydroxylation is 1. The minimum Gasteiger partial charge on any atom is -0.477 e. The summed E-state index contributed by atoms with van der Waals surface area (Å²) in [6.45, 7) is 3.81. The van der Waals surface area contributed by atoms with Crippen molar-refractivity contribution in [3.05, 3.63) is 39.4 Å². The van der Waals surface area contributed by atoms with Gasteiger partial charge in [-0.2, -0.15) is 0 Å². The standard InChI is InChI=1S/C19H22FN3O3/c1-21-6-8-22(9-7-21)16-11-15-12(10-13(16)20)18(24)17(19(25)26)14-4-2-3-5-23(14)15/h10-11H,2-9H2,1H3,(H,25,26). The van der Waals surface area contributed by atoms with Crippen molar-refractivity contribution in [2.24, 2.45) is 0 Å². The molecule has 3 heterocycles. The molecule has 1 saturated heterocycles. The van der Waals surface area contributed by atoms with Crippen LogP contribution in [-0.4, -0.2) is 53.8 Å². The molecule has 2 aromatic rings. The van der Waals surface area contributed by atoms with E-state index >= 15 is 0 Å². The Morgan fingerprint density at radius 3 is 2.54 bits per heavy atom. The van der Waals surface area contributed by atoms with Gasteiger partial charge in [-0.05, 0) is 38.4 Å². The van der Waals surface area contributed by atoms with E-state index < -0.39 is 17.2 Å². The lowest BCUT2D eigenvalue weighted by Crippen LogP contribution is -2.44. The van der Waals surface area contributed by atoms with E-state index in [9.17, 15) is 19.1 Å². The summed E-state index contributed by atoms with van der Waals surface area (Å²) in [6, 6.07) is 2.96. The fourth-order valence-electron chi connectivity index (χ4n) is 4.09. The summed E-state index contributed by atoms with van der Waals surface area (Å²) >= 11 is 0. The van der Waals surface area contributed by atoms with Crippen LogP contribution in [-0.2, 0) is 13.0 Å². The maximum Gasteiger partial charge on any atom is 0.341 e. The van der Waals surface area contributed by atoms with E-state index in [1.807, 2.05) is 16.5 Å². The van der Waals surface area contributed by atoms with Crippen molar-refractivity contribution in [1.29, 1.82) is 0 Å². The van der Waals surface area contributed by atoms with Crippen molar-refractivity contribution < 1.29 is 14.3 Å². The highest BCUT2D eigenvalue weighted by atomic mass is 19.1. The summed E-state index contributed by atoms with van der Waals surface area (Å²) < 4.78 is 16.7. The SMILES string of the molecule is CN1CCN(c2cc3c(cc2F)c(=O)c(C(=O)O)c2n3CCCC2)CC1. The monoisotopic (exact) mass is 359 g/mol. The molecule has 2 aliphatic rings. The van der Waals surface area contributed by atoms with E-state index in [0.717, 1.165) is 39.0 Å². The summed E-state index contributed by atoms with van der Waals surface area (Å²) in [5, 5.41) is 9.67. The number of hydrogen-bond acceptors (Lipinski definition) is 4. The number of carbonyl (C=O) groups is 1. The summed E-state index contributed by atoms with van der Waals surface area (Å²) in [4.78, 5) is 28.6. The van der Waals surface area contributed by atoms with E-state index in [1.165, 1.54) is 6.07 Å². The zero-order valence-electron chi connectivity index (χ0n) is 14.8. The van der Waals surface area contributed by atoms with Gasteiger partial charge in [0.2, 0.25) is 5.43 Å². The van der Waals surface area contributed by atoms with Gasteiger partial charge in [0.05, 0.1) is 11.2 Å². The Bertz CT molecular complexity index is 945. The summed E-state index contributed by atoms with van der Waals surface area (Å²) in [7, 11) is 2.04. The topological polar surface area (TPSA) is 65.8 Å². The molecule has 0 spiro atoms. The fourth-order valence-corrected chi connectivity index (χ4v) is 4.09. The minimum atomic E-state index is -1.23. The Kier molecular flexibility index (Phi) is 4.19. The smallest absolute Gasteiger partial charge is 0.341 e. The number of anilines is 1. The van der Waals surface area contributed by atoms with E-state index in [0.29, 0.717) is 29.9 Å². The first-order valence-corrected chi connectivity index (χ1v) is 9.03. The van der Waals surface area contributed by atoms with Crippen molar-refractivity contribution in [1.82, 2.24) is 9.47 Å². The Balaban J connectivity index is 1.94. The number of benzene rings is 1. The lowest BCUT2D eigenvalue weighted by Gasteiger charge is -2.34. The van der Waals surface area contributed by atoms with Crippen molar-refractivity contribution in [3.8, 4) is 0 Å². The van der Waals surface area contributed by atoms with Gasteiger partial charge < -0.3 is 19.5 Å². The summed E-state index contributed by atoms with van der Waals surface area (Å²) in [5.41, 5.74) is 0.920. The molecule has 0 aliphatic carbocycles. The molecule has 2 aliphatic heterocycles. The van der Waals surface area contributed by atoms with Crippen LogP contribution in [0, 0.1) is 5.82 Å². The van der Waals surface area contributed by atoms with Crippen LogP contribution in [0.3, 0.4) is 0 Å². The molecule has 26 heavy (non-hydrogen) atoms. The molecule has 6 nitrogen and oxygen atoms in total. The lowest BCUT2D eigenvalue weighted by molar-refractivity contribution is 0.0693. The molecule has 138 valence electrons. The zero-order chi connectivity index (χ0) is 18.4. The van der Waals surface area contributed by atoms with Gasteiger partial charge in [-0.1, -0.05) is 0 Å². The molecule has 0 saturated carbocycles. The number of rotatable bonds is 2. The highest BCUT2D eigenvalue weighted by Gasteiger charge is 2.26. The van der Waals surface area contributed by atoms with E-state index in [1.54, 1.807) is 6.07 Å². The number of aromatic nitrogens is 1. The third-order valence-corrected chi connectivity index (χ3v) is 5.55. The van der Waals surface area contributed by atoms with Crippen LogP contribution in [0.2, 0.25) is 0 Å². The normalized spacial score (nSPS) is 18.2. The van der Waals surface area contributed by atoms with Crippen LogP contribution >= 0.6 is 0 Å². The van der Waals surface area contributed by atoms with Crippen molar-refractivity contribution in [2.45, 2.75) is 25.8 Å². The van der Waals surface area contributed by atoms with Crippen LogP contribution in [0.5, 0.6) is 0 Å². The van der Waals surface area contributed by atoms with Crippen molar-refractivity contribution >= 4 is 22.6 Å². The van der Waals surface area contributed by atoms with E-state index in [4.69, 9.17) is 0 Å². The number of aromatic carboxylic acids is 1. The van der Waals surface area contributed by atoms with Crippen LogP contribution in [0.4, 0.5) is 10.1 Å². The van der Waals surface area contributed by atoms with Crippen molar-refractivity contribution in [2.75, 3.05) is 38.1 Å². The van der Waals surface area contributed by atoms with E-state index in [-0.39, 0.29) is 10.9 Å². The number of piperazine rings is 1. The molecule has 0 atom stereocenters. The average molecular weight is 359 g/mol. The lowest BCUT2D eigenvalue weighted by atomic mass is 9.99. The number of carboxylic acid groups (broad SMARTS) is 1. The maximum atomic E-state index is 14.8. The quantitative estimate of drug-likeness (QED) is 0.888. The molecule has 7 heteroatoms. The van der Waals surface area contributed by atoms with Gasteiger partial charge in [0, 0.05) is 43.8 Å². The van der Waals surface area contributed by atoms with Gasteiger partial charge in [-0.15, -0.1) is 0 Å². The second-order valence-electron chi connectivity index (χ2n) is 7.18. The molecule has 1 N–H and O–H groups in total. The van der Waals surface area contributed by atoms with Gasteiger partial charge in [0.1, 0.15) is 11.4 Å². The number of fused-ring (bicyclic) bond motifs is 3. The number of likely N-dealkylation sites (N-methyl/N-ethyl adjacent to an activating group) is 1. The predicted molar refractivity (Wildman–Crippen MR) is 97.8 cm³/mol. The maximum absolute atomic E-state index is 14.8. The number of halogens is 1. The van der Waals surface area contributed by atoms with Gasteiger partial charge in [-0.3, -0.25) is 4.79 Å². The summed E-state index contributed by atoms with van der Waals surface area (Å²) in [6.07, 6.45) is 2.34. The number of pyridine rings is 1. The second-order valence-corrected chi connectivity index (χ2v) is 7.18. The first kappa shape index (κ1) is 17.0. The first-order chi connectivity index (χ1) is 12.5. The van der Waals surface area contributed by atoms with E-state index in [2.05, 4.69) is 4.90 Å². The summed E-state index contributed by atoms with van der Waals surface area (Å²) in [5.74, 6) is -1.70. The first-order valence-electron chi connectivity index (χ1n) is 9.03. The highest BCUT2D eigenvalue weighted by molar-refractivity contribution is 5.95. The molecule has 1 aromatic heterocycles. The molecule has 1 fully saturated rings. The molecular weight excluding hydrogens is 337 g/mol. The third-order valence-electron chi connectivity index (χ3n) is 5.55. The minimum absolute atomic E-state index is 0.156. The Morgan fingerprint density at radius 1 is 1.12 bits per heavy atom. The average Bonchev–Trinajstić information content (AvgIpc) is 2.62. The Labute approximate surface area is 150 Å². The molecule has 0 bridgehead atoms. The number of carboxylic acids is 1. The number of nitrogens with zero attached hydrogens (tertiary/aromatic N) is 3. The fraction of sp³-hybridized carbons (Fsp3) is 0.474. The van der Waals surface area contributed by atoms with Crippen LogP contribution in [0.1, 0.15) is 28.9 Å². The van der Waals surface area contributed by atoms with Crippen LogP contribution in [0.25, 0.3) is 10.9 Å². The van der Waals surface area contributed by atoms with Crippen LogP contribution in [0.15, 0.2) is 16.9 Å². The Morgan fingerprint density at radius 2 is 1.85 bits per heavy atom. The largest absolute Gasteiger partial charge is 0.477 e. The van der Waals surface area contributed by atoms with Gasteiger partial charge in [-0.25, -0.2) is 9.18 Å². The third kappa shape index (κ3) is 2.67. The molecule has 0 unspecified atom stereocenters. The molecule has 0 amide bonds. The Hall–Kier alpha value is -2.41. The van der Waals surface area contributed by atoms with Crippen LogP contribution < -0.4 is 10.3 Å². The predicted octanol–water partition coefficient (Wildman–Crippen LogP) is 1.93. The highest BCUT2D eigenvalue weighted by Crippen LogP contribution is 2.29. The molecule has 1 aromatic carbocycles. The molecule has 0 radical (unpaired) electrons. The van der Waals surface area contributed by atoms with Gasteiger partial charge in [0.15, 0.2) is 0 Å². The number of hydrogen-bond donors (Lipinski definition) is 1. The van der Waals surface area contributed by atoms with Gasteiger partial charge >= 0.3 is 5.97 Å². The second kappa shape index (κ2) is 6.39. The zero-order valence-corrected chi connectivity index (χ0v) is 14.8. The van der Waals surface area contributed by atoms with Crippen molar-refractivity contribution in [3.63, 3.8) is 0 Å². The van der Waals surface area contributed by atoms with Gasteiger partial charge in [0.25, 0.3) is 0 Å².